The lowest BCUT2D eigenvalue weighted by atomic mass is 9.93. The molecule has 1 unspecified atom stereocenters. The van der Waals surface area contributed by atoms with Crippen LogP contribution < -0.4 is 15.5 Å². The highest BCUT2D eigenvalue weighted by molar-refractivity contribution is 7.98. The second-order valence-electron chi connectivity index (χ2n) is 8.18. The van der Waals surface area contributed by atoms with Gasteiger partial charge in [-0.2, -0.15) is 0 Å². The number of halogens is 2. The van der Waals surface area contributed by atoms with Gasteiger partial charge < -0.3 is 15.4 Å². The van der Waals surface area contributed by atoms with E-state index < -0.39 is 30.2 Å². The van der Waals surface area contributed by atoms with E-state index in [1.807, 2.05) is 6.26 Å². The maximum atomic E-state index is 15.2. The summed E-state index contributed by atoms with van der Waals surface area (Å²) in [5, 5.41) is 6.52. The molecular formula is C21H27F2N5O2S. The van der Waals surface area contributed by atoms with Crippen LogP contribution in [0.15, 0.2) is 35.6 Å². The molecule has 10 heteroatoms. The fourth-order valence-electron chi connectivity index (χ4n) is 3.38. The second kappa shape index (κ2) is 8.96. The number of anilines is 2. The van der Waals surface area contributed by atoms with Crippen LogP contribution in [0.3, 0.4) is 0 Å². The first kappa shape index (κ1) is 23.2. The number of alkyl halides is 2. The van der Waals surface area contributed by atoms with Crippen molar-refractivity contribution >= 4 is 29.4 Å². The molecule has 1 aliphatic rings. The van der Waals surface area contributed by atoms with Gasteiger partial charge in [-0.15, -0.1) is 0 Å². The van der Waals surface area contributed by atoms with Crippen LogP contribution in [-0.2, 0) is 11.3 Å². The molecule has 168 valence electrons. The minimum atomic E-state index is -3.22. The van der Waals surface area contributed by atoms with Gasteiger partial charge in [0.15, 0.2) is 5.16 Å². The Labute approximate surface area is 185 Å². The number of fused-ring (bicyclic) bond motifs is 1. The third kappa shape index (κ3) is 5.24. The summed E-state index contributed by atoms with van der Waals surface area (Å²) in [6.45, 7) is 4.45. The van der Waals surface area contributed by atoms with E-state index in [1.165, 1.54) is 11.8 Å². The Hall–Kier alpha value is -2.46. The molecule has 7 nitrogen and oxygen atoms in total. The molecule has 1 aliphatic heterocycles. The molecule has 0 spiro atoms. The smallest absolute Gasteiger partial charge is 0.415 e. The molecule has 0 saturated heterocycles. The molecule has 31 heavy (non-hydrogen) atoms. The maximum Gasteiger partial charge on any atom is 0.415 e. The van der Waals surface area contributed by atoms with Crippen molar-refractivity contribution in [3.8, 4) is 0 Å². The van der Waals surface area contributed by atoms with Gasteiger partial charge >= 0.3 is 6.09 Å². The lowest BCUT2D eigenvalue weighted by Gasteiger charge is -2.40. The molecule has 1 atom stereocenters. The number of rotatable bonds is 5. The van der Waals surface area contributed by atoms with E-state index in [0.717, 1.165) is 4.90 Å². The number of ether oxygens (including phenoxy) is 1. The predicted molar refractivity (Wildman–Crippen MR) is 118 cm³/mol. The third-order valence-electron chi connectivity index (χ3n) is 4.70. The van der Waals surface area contributed by atoms with Crippen LogP contribution in [0.5, 0.6) is 0 Å². The molecular weight excluding hydrogens is 424 g/mol. The summed E-state index contributed by atoms with van der Waals surface area (Å²) in [4.78, 5) is 22.2. The number of carbonyl (C=O) groups is 1. The Kier molecular flexibility index (Phi) is 6.70. The first-order chi connectivity index (χ1) is 14.6. The number of benzene rings is 1. The first-order valence-electron chi connectivity index (χ1n) is 9.84. The van der Waals surface area contributed by atoms with Gasteiger partial charge in [-0.3, -0.25) is 4.90 Å². The number of hydrogen-bond acceptors (Lipinski definition) is 7. The maximum absolute atomic E-state index is 15.2. The number of nitrogens with zero attached hydrogens (tertiary/aromatic N) is 3. The van der Waals surface area contributed by atoms with Crippen molar-refractivity contribution < 1.29 is 18.3 Å². The summed E-state index contributed by atoms with van der Waals surface area (Å²) < 4.78 is 35.8. The Morgan fingerprint density at radius 2 is 2.06 bits per heavy atom. The number of amides is 1. The lowest BCUT2D eigenvalue weighted by Crippen LogP contribution is -2.53. The molecule has 1 amide bonds. The van der Waals surface area contributed by atoms with E-state index in [2.05, 4.69) is 20.6 Å². The summed E-state index contributed by atoms with van der Waals surface area (Å²) in [5.74, 6) is -2.64. The van der Waals surface area contributed by atoms with Crippen molar-refractivity contribution in [2.75, 3.05) is 30.1 Å². The molecule has 1 aromatic carbocycles. The number of para-hydroxylation sites is 1. The number of thioether (sulfide) groups is 1. The van der Waals surface area contributed by atoms with Crippen LogP contribution in [-0.4, -0.2) is 47.4 Å². The van der Waals surface area contributed by atoms with Crippen LogP contribution in [0.1, 0.15) is 37.9 Å². The Morgan fingerprint density at radius 3 is 2.71 bits per heavy atom. The van der Waals surface area contributed by atoms with E-state index in [9.17, 15) is 4.79 Å². The van der Waals surface area contributed by atoms with Crippen molar-refractivity contribution in [1.82, 2.24) is 15.3 Å². The minimum Gasteiger partial charge on any atom is -0.443 e. The first-order valence-corrected chi connectivity index (χ1v) is 11.1. The molecule has 2 heterocycles. The summed E-state index contributed by atoms with van der Waals surface area (Å²) in [5.41, 5.74) is 0.617. The monoisotopic (exact) mass is 451 g/mol. The summed E-state index contributed by atoms with van der Waals surface area (Å²) in [7, 11) is 1.72. The second-order valence-corrected chi connectivity index (χ2v) is 8.95. The lowest BCUT2D eigenvalue weighted by molar-refractivity contribution is -0.0380. The standard InChI is InChI=1S/C21H27F2N5O2S/c1-20(2,3)30-19(29)28-12-21(22,23)16(14-8-6-7-9-15(14)28)25-10-13-11-26-18(31-5)27-17(13)24-4/h6-9,11,16,25H,10,12H2,1-5H3,(H,24,26,27). The molecule has 0 radical (unpaired) electrons. The van der Waals surface area contributed by atoms with E-state index in [1.54, 1.807) is 58.3 Å². The largest absolute Gasteiger partial charge is 0.443 e. The van der Waals surface area contributed by atoms with E-state index in [-0.39, 0.29) is 6.54 Å². The normalized spacial score (nSPS) is 17.8. The number of aromatic nitrogens is 2. The third-order valence-corrected chi connectivity index (χ3v) is 5.26. The zero-order valence-corrected chi connectivity index (χ0v) is 19.0. The fourth-order valence-corrected chi connectivity index (χ4v) is 3.72. The van der Waals surface area contributed by atoms with Crippen molar-refractivity contribution in [1.29, 1.82) is 0 Å². The van der Waals surface area contributed by atoms with Gasteiger partial charge in [-0.25, -0.2) is 23.5 Å². The van der Waals surface area contributed by atoms with Crippen molar-refractivity contribution in [3.63, 3.8) is 0 Å². The van der Waals surface area contributed by atoms with Crippen LogP contribution in [0.25, 0.3) is 0 Å². The van der Waals surface area contributed by atoms with E-state index in [4.69, 9.17) is 4.74 Å². The van der Waals surface area contributed by atoms with Gasteiger partial charge in [0, 0.05) is 25.4 Å². The van der Waals surface area contributed by atoms with Gasteiger partial charge in [-0.05, 0) is 38.7 Å². The van der Waals surface area contributed by atoms with Crippen LogP contribution in [0.4, 0.5) is 25.1 Å². The van der Waals surface area contributed by atoms with E-state index >= 15 is 8.78 Å². The minimum absolute atomic E-state index is 0.131. The van der Waals surface area contributed by atoms with Gasteiger partial charge in [0.2, 0.25) is 0 Å². The molecule has 0 bridgehead atoms. The fraction of sp³-hybridized carbons (Fsp3) is 0.476. The SMILES string of the molecule is CNc1nc(SC)ncc1CNC1c2ccccc2N(C(=O)OC(C)(C)C)CC1(F)F. The quantitative estimate of drug-likeness (QED) is 0.513. The molecule has 0 aliphatic carbocycles. The van der Waals surface area contributed by atoms with Crippen molar-refractivity contribution in [2.45, 2.75) is 50.0 Å². The Balaban J connectivity index is 1.89. The van der Waals surface area contributed by atoms with Gasteiger partial charge in [0.1, 0.15) is 17.5 Å². The zero-order chi connectivity index (χ0) is 22.8. The van der Waals surface area contributed by atoms with Gasteiger partial charge in [0.05, 0.1) is 12.2 Å². The summed E-state index contributed by atoms with van der Waals surface area (Å²) >= 11 is 1.40. The highest BCUT2D eigenvalue weighted by atomic mass is 32.2. The average Bonchev–Trinajstić information content (AvgIpc) is 2.71. The summed E-state index contributed by atoms with van der Waals surface area (Å²) in [6.07, 6.45) is 2.69. The van der Waals surface area contributed by atoms with Crippen LogP contribution >= 0.6 is 11.8 Å². The molecule has 0 saturated carbocycles. The molecule has 3 rings (SSSR count). The van der Waals surface area contributed by atoms with Gasteiger partial charge in [-0.1, -0.05) is 30.0 Å². The Bertz CT molecular complexity index is 952. The molecule has 2 N–H and O–H groups in total. The number of nitrogens with one attached hydrogen (secondary N) is 2. The van der Waals surface area contributed by atoms with Crippen LogP contribution in [0, 0.1) is 0 Å². The number of carbonyl (C=O) groups excluding carboxylic acids is 1. The topological polar surface area (TPSA) is 79.4 Å². The van der Waals surface area contributed by atoms with Crippen LogP contribution in [0.2, 0.25) is 0 Å². The summed E-state index contributed by atoms with van der Waals surface area (Å²) in [6, 6.07) is 5.36. The molecule has 1 aromatic heterocycles. The molecule has 0 fully saturated rings. The predicted octanol–water partition coefficient (Wildman–Crippen LogP) is 4.46. The van der Waals surface area contributed by atoms with Gasteiger partial charge in [0.25, 0.3) is 5.92 Å². The average molecular weight is 452 g/mol. The number of hydrogen-bond donors (Lipinski definition) is 2. The Morgan fingerprint density at radius 1 is 1.35 bits per heavy atom. The van der Waals surface area contributed by atoms with E-state index in [0.29, 0.717) is 27.8 Å². The van der Waals surface area contributed by atoms with Crippen molar-refractivity contribution in [3.05, 3.63) is 41.6 Å². The highest BCUT2D eigenvalue weighted by Gasteiger charge is 2.49. The highest BCUT2D eigenvalue weighted by Crippen LogP contribution is 2.43. The zero-order valence-electron chi connectivity index (χ0n) is 18.2. The molecule has 2 aromatic rings. The van der Waals surface area contributed by atoms with Crippen molar-refractivity contribution in [2.24, 2.45) is 0 Å².